The van der Waals surface area contributed by atoms with Gasteiger partial charge in [0.1, 0.15) is 0 Å². The molecule has 1 aromatic carbocycles. The molecule has 5 N–H and O–H groups in total. The van der Waals surface area contributed by atoms with Gasteiger partial charge in [-0.1, -0.05) is 24.3 Å². The fourth-order valence-corrected chi connectivity index (χ4v) is 2.90. The van der Waals surface area contributed by atoms with Crippen LogP contribution in [0.2, 0.25) is 0 Å². The number of hydrogen-bond donors (Lipinski definition) is 3. The maximum Gasteiger partial charge on any atom is 0.224 e. The summed E-state index contributed by atoms with van der Waals surface area (Å²) in [5, 5.41) is 0. The van der Waals surface area contributed by atoms with E-state index in [4.69, 9.17) is 11.5 Å². The van der Waals surface area contributed by atoms with Gasteiger partial charge in [0.2, 0.25) is 15.9 Å². The summed E-state index contributed by atoms with van der Waals surface area (Å²) in [6.45, 7) is 3.42. The molecule has 6 nitrogen and oxygen atoms in total. The number of benzene rings is 1. The average Bonchev–Trinajstić information content (AvgIpc) is 2.37. The Balaban J connectivity index is 2.78. The van der Waals surface area contributed by atoms with E-state index in [1.54, 1.807) is 32.0 Å². The lowest BCUT2D eigenvalue weighted by Gasteiger charge is -2.20. The molecule has 0 aliphatic rings. The molecule has 7 heteroatoms. The first-order chi connectivity index (χ1) is 9.18. The van der Waals surface area contributed by atoms with Crippen molar-refractivity contribution in [3.05, 3.63) is 35.4 Å². The molecular formula is C13H21N3O3S. The highest BCUT2D eigenvalue weighted by molar-refractivity contribution is 7.88. The molecule has 0 atom stereocenters. The molecule has 0 aliphatic carbocycles. The Morgan fingerprint density at radius 2 is 1.80 bits per heavy atom. The van der Waals surface area contributed by atoms with Gasteiger partial charge in [-0.3, -0.25) is 4.79 Å². The Morgan fingerprint density at radius 1 is 1.25 bits per heavy atom. The predicted molar refractivity (Wildman–Crippen MR) is 77.9 cm³/mol. The van der Waals surface area contributed by atoms with Crippen LogP contribution in [0.1, 0.15) is 25.0 Å². The molecule has 0 saturated heterocycles. The van der Waals surface area contributed by atoms with Crippen molar-refractivity contribution < 1.29 is 13.2 Å². The highest BCUT2D eigenvalue weighted by Crippen LogP contribution is 2.15. The van der Waals surface area contributed by atoms with E-state index in [0.717, 1.165) is 5.56 Å². The smallest absolute Gasteiger partial charge is 0.224 e. The Morgan fingerprint density at radius 3 is 2.30 bits per heavy atom. The minimum atomic E-state index is -3.55. The zero-order chi connectivity index (χ0) is 15.4. The van der Waals surface area contributed by atoms with E-state index >= 15 is 0 Å². The molecule has 0 aliphatic heterocycles. The number of nitrogens with two attached hydrogens (primary N) is 2. The standard InChI is InChI=1S/C13H21N3O3S/c1-13(2,12(15)17)9-16-20(18,19)8-11-6-4-3-5-10(11)7-14/h3-6,16H,7-9,14H2,1-2H3,(H2,15,17). The van der Waals surface area contributed by atoms with Gasteiger partial charge in [0.15, 0.2) is 0 Å². The Kier molecular flexibility index (Phi) is 5.27. The monoisotopic (exact) mass is 299 g/mol. The quantitative estimate of drug-likeness (QED) is 0.661. The first-order valence-electron chi connectivity index (χ1n) is 6.22. The number of hydrogen-bond acceptors (Lipinski definition) is 4. The lowest BCUT2D eigenvalue weighted by Crippen LogP contribution is -2.42. The zero-order valence-electron chi connectivity index (χ0n) is 11.7. The third-order valence-electron chi connectivity index (χ3n) is 3.08. The van der Waals surface area contributed by atoms with Crippen molar-refractivity contribution in [1.29, 1.82) is 0 Å². The fourth-order valence-electron chi connectivity index (χ4n) is 1.53. The number of carbonyl (C=O) groups is 1. The van der Waals surface area contributed by atoms with Crippen LogP contribution in [0, 0.1) is 5.41 Å². The van der Waals surface area contributed by atoms with Gasteiger partial charge in [-0.25, -0.2) is 13.1 Å². The Bertz CT molecular complexity index is 582. The first-order valence-corrected chi connectivity index (χ1v) is 7.87. The normalized spacial score (nSPS) is 12.3. The molecule has 0 aromatic heterocycles. The molecule has 1 rings (SSSR count). The fraction of sp³-hybridized carbons (Fsp3) is 0.462. The summed E-state index contributed by atoms with van der Waals surface area (Å²) in [7, 11) is -3.55. The molecule has 1 amide bonds. The van der Waals surface area contributed by atoms with E-state index in [-0.39, 0.29) is 18.8 Å². The second-order valence-electron chi connectivity index (χ2n) is 5.30. The predicted octanol–water partition coefficient (Wildman–Crippen LogP) is 0.0762. The van der Waals surface area contributed by atoms with Crippen LogP contribution >= 0.6 is 0 Å². The third kappa shape index (κ3) is 4.59. The molecule has 0 bridgehead atoms. The van der Waals surface area contributed by atoms with Crippen molar-refractivity contribution in [1.82, 2.24) is 4.72 Å². The molecule has 0 fully saturated rings. The van der Waals surface area contributed by atoms with Crippen LogP contribution in [-0.4, -0.2) is 20.9 Å². The van der Waals surface area contributed by atoms with Crippen LogP contribution in [-0.2, 0) is 27.1 Å². The van der Waals surface area contributed by atoms with Gasteiger partial charge in [-0.15, -0.1) is 0 Å². The number of nitrogens with one attached hydrogen (secondary N) is 1. The molecule has 0 saturated carbocycles. The van der Waals surface area contributed by atoms with Crippen molar-refractivity contribution in [2.45, 2.75) is 26.1 Å². The van der Waals surface area contributed by atoms with E-state index in [1.165, 1.54) is 0 Å². The van der Waals surface area contributed by atoms with Gasteiger partial charge in [0, 0.05) is 13.1 Å². The molecule has 0 spiro atoms. The number of primary amides is 1. The molecule has 0 unspecified atom stereocenters. The topological polar surface area (TPSA) is 115 Å². The highest BCUT2D eigenvalue weighted by atomic mass is 32.2. The number of rotatable bonds is 7. The van der Waals surface area contributed by atoms with E-state index in [9.17, 15) is 13.2 Å². The summed E-state index contributed by atoms with van der Waals surface area (Å²) in [5.41, 5.74) is 11.3. The minimum absolute atomic E-state index is 0.0323. The maximum absolute atomic E-state index is 12.0. The van der Waals surface area contributed by atoms with Crippen LogP contribution in [0.25, 0.3) is 0 Å². The van der Waals surface area contributed by atoms with E-state index in [1.807, 2.05) is 6.07 Å². The highest BCUT2D eigenvalue weighted by Gasteiger charge is 2.27. The first kappa shape index (κ1) is 16.6. The van der Waals surface area contributed by atoms with Crippen LogP contribution in [0.3, 0.4) is 0 Å². The SMILES string of the molecule is CC(C)(CNS(=O)(=O)Cc1ccccc1CN)C(N)=O. The molecule has 20 heavy (non-hydrogen) atoms. The third-order valence-corrected chi connectivity index (χ3v) is 4.36. The van der Waals surface area contributed by atoms with Crippen LogP contribution in [0.15, 0.2) is 24.3 Å². The van der Waals surface area contributed by atoms with Crippen molar-refractivity contribution >= 4 is 15.9 Å². The molecule has 0 radical (unpaired) electrons. The summed E-state index contributed by atoms with van der Waals surface area (Å²) in [4.78, 5) is 11.2. The molecule has 112 valence electrons. The molecule has 1 aromatic rings. The number of amides is 1. The lowest BCUT2D eigenvalue weighted by atomic mass is 9.93. The number of carbonyl (C=O) groups excluding carboxylic acids is 1. The van der Waals surface area contributed by atoms with Gasteiger partial charge < -0.3 is 11.5 Å². The largest absolute Gasteiger partial charge is 0.369 e. The average molecular weight is 299 g/mol. The lowest BCUT2D eigenvalue weighted by molar-refractivity contribution is -0.125. The summed E-state index contributed by atoms with van der Waals surface area (Å²) >= 11 is 0. The van der Waals surface area contributed by atoms with Crippen LogP contribution < -0.4 is 16.2 Å². The second kappa shape index (κ2) is 6.34. The summed E-state index contributed by atoms with van der Waals surface area (Å²) in [6, 6.07) is 7.08. The van der Waals surface area contributed by atoms with E-state index in [0.29, 0.717) is 5.56 Å². The maximum atomic E-state index is 12.0. The molecular weight excluding hydrogens is 278 g/mol. The second-order valence-corrected chi connectivity index (χ2v) is 7.11. The van der Waals surface area contributed by atoms with Crippen LogP contribution in [0.5, 0.6) is 0 Å². The van der Waals surface area contributed by atoms with Gasteiger partial charge >= 0.3 is 0 Å². The van der Waals surface area contributed by atoms with E-state index < -0.39 is 21.3 Å². The van der Waals surface area contributed by atoms with Crippen molar-refractivity contribution in [3.8, 4) is 0 Å². The van der Waals surface area contributed by atoms with Gasteiger partial charge in [-0.05, 0) is 25.0 Å². The van der Waals surface area contributed by atoms with E-state index in [2.05, 4.69) is 4.72 Å². The van der Waals surface area contributed by atoms with Gasteiger partial charge in [0.05, 0.1) is 11.2 Å². The summed E-state index contributed by atoms with van der Waals surface area (Å²) < 4.78 is 26.5. The van der Waals surface area contributed by atoms with Crippen molar-refractivity contribution in [3.63, 3.8) is 0 Å². The Hall–Kier alpha value is -1.44. The minimum Gasteiger partial charge on any atom is -0.369 e. The number of sulfonamides is 1. The van der Waals surface area contributed by atoms with Crippen molar-refractivity contribution in [2.24, 2.45) is 16.9 Å². The summed E-state index contributed by atoms with van der Waals surface area (Å²) in [5.74, 6) is -0.725. The Labute approximate surface area is 119 Å². The zero-order valence-corrected chi connectivity index (χ0v) is 12.5. The summed E-state index contributed by atoms with van der Waals surface area (Å²) in [6.07, 6.45) is 0. The van der Waals surface area contributed by atoms with Crippen molar-refractivity contribution in [2.75, 3.05) is 6.54 Å². The van der Waals surface area contributed by atoms with Gasteiger partial charge in [-0.2, -0.15) is 0 Å². The van der Waals surface area contributed by atoms with Gasteiger partial charge in [0.25, 0.3) is 0 Å². The van der Waals surface area contributed by atoms with Crippen LogP contribution in [0.4, 0.5) is 0 Å². The molecule has 0 heterocycles.